The minimum Gasteiger partial charge on any atom is -0.493 e. The molecule has 3 rings (SSSR count). The summed E-state index contributed by atoms with van der Waals surface area (Å²) in [6.45, 7) is 10.4. The maximum absolute atomic E-state index is 13.2. The molecule has 0 spiro atoms. The summed E-state index contributed by atoms with van der Waals surface area (Å²) >= 11 is 0. The summed E-state index contributed by atoms with van der Waals surface area (Å²) in [7, 11) is 1.59. The molecule has 0 saturated carbocycles. The van der Waals surface area contributed by atoms with Crippen molar-refractivity contribution in [3.63, 3.8) is 0 Å². The Labute approximate surface area is 188 Å². The number of hydrogen-bond donors (Lipinski definition) is 1. The molecule has 0 aliphatic rings. The van der Waals surface area contributed by atoms with Crippen molar-refractivity contribution in [2.45, 2.75) is 46.7 Å². The lowest BCUT2D eigenvalue weighted by molar-refractivity contribution is 0.0934. The van der Waals surface area contributed by atoms with E-state index in [4.69, 9.17) is 9.47 Å². The fraction of sp³-hybridized carbons (Fsp3) is 0.400. The molecule has 170 valence electrons. The highest BCUT2D eigenvalue weighted by Crippen LogP contribution is 2.31. The van der Waals surface area contributed by atoms with E-state index < -0.39 is 0 Å². The normalized spacial score (nSPS) is 12.2. The molecular weight excluding hydrogens is 406 g/mol. The van der Waals surface area contributed by atoms with Crippen LogP contribution in [0.15, 0.2) is 47.3 Å². The molecule has 1 heterocycles. The fourth-order valence-electron chi connectivity index (χ4n) is 3.40. The monoisotopic (exact) mass is 437 g/mol. The van der Waals surface area contributed by atoms with Gasteiger partial charge in [0.2, 0.25) is 0 Å². The molecule has 1 N–H and O–H groups in total. The quantitative estimate of drug-likeness (QED) is 0.561. The highest BCUT2D eigenvalue weighted by molar-refractivity contribution is 6.04. The Kier molecular flexibility index (Phi) is 7.18. The van der Waals surface area contributed by atoms with Crippen LogP contribution in [0.2, 0.25) is 0 Å². The van der Waals surface area contributed by atoms with Crippen LogP contribution in [-0.4, -0.2) is 29.4 Å². The van der Waals surface area contributed by atoms with Crippen molar-refractivity contribution >= 4 is 16.7 Å². The van der Waals surface area contributed by atoms with Gasteiger partial charge in [0.25, 0.3) is 11.5 Å². The smallest absolute Gasteiger partial charge is 0.274 e. The van der Waals surface area contributed by atoms with E-state index in [0.29, 0.717) is 34.8 Å². The standard InChI is InChI=1S/C25H31N3O4/c1-15(2)14-32-21-12-11-18(13-22(21)31-6)17(5)26-24(29)23-19-9-7-8-10-20(19)25(30)28(27-23)16(3)4/h7-13,15-17H,14H2,1-6H3,(H,26,29). The molecule has 1 atom stereocenters. The van der Waals surface area contributed by atoms with Crippen LogP contribution in [0.5, 0.6) is 11.5 Å². The van der Waals surface area contributed by atoms with E-state index in [2.05, 4.69) is 24.3 Å². The summed E-state index contributed by atoms with van der Waals surface area (Å²) < 4.78 is 12.7. The fourth-order valence-corrected chi connectivity index (χ4v) is 3.40. The van der Waals surface area contributed by atoms with Crippen molar-refractivity contribution in [2.24, 2.45) is 5.92 Å². The van der Waals surface area contributed by atoms with Crippen molar-refractivity contribution in [2.75, 3.05) is 13.7 Å². The summed E-state index contributed by atoms with van der Waals surface area (Å²) in [6, 6.07) is 12.2. The first-order chi connectivity index (χ1) is 15.2. The Morgan fingerprint density at radius 3 is 2.34 bits per heavy atom. The number of amides is 1. The molecule has 0 bridgehead atoms. The third-order valence-corrected chi connectivity index (χ3v) is 5.14. The maximum atomic E-state index is 13.2. The lowest BCUT2D eigenvalue weighted by atomic mass is 10.1. The van der Waals surface area contributed by atoms with Crippen molar-refractivity contribution in [3.8, 4) is 11.5 Å². The van der Waals surface area contributed by atoms with Gasteiger partial charge in [-0.15, -0.1) is 0 Å². The zero-order valence-electron chi connectivity index (χ0n) is 19.5. The molecule has 7 heteroatoms. The molecule has 1 unspecified atom stereocenters. The van der Waals surface area contributed by atoms with Gasteiger partial charge in [-0.25, -0.2) is 4.68 Å². The van der Waals surface area contributed by atoms with Gasteiger partial charge in [-0.2, -0.15) is 5.10 Å². The van der Waals surface area contributed by atoms with E-state index in [9.17, 15) is 9.59 Å². The van der Waals surface area contributed by atoms with Gasteiger partial charge in [0.15, 0.2) is 17.2 Å². The van der Waals surface area contributed by atoms with Crippen LogP contribution in [0.4, 0.5) is 0 Å². The highest BCUT2D eigenvalue weighted by Gasteiger charge is 2.20. The number of aromatic nitrogens is 2. The lowest BCUT2D eigenvalue weighted by Gasteiger charge is -2.19. The first-order valence-electron chi connectivity index (χ1n) is 10.9. The number of nitrogens with one attached hydrogen (secondary N) is 1. The molecule has 7 nitrogen and oxygen atoms in total. The Hall–Kier alpha value is -3.35. The Balaban J connectivity index is 1.90. The molecule has 2 aromatic carbocycles. The average molecular weight is 438 g/mol. The SMILES string of the molecule is COc1cc(C(C)NC(=O)c2nn(C(C)C)c(=O)c3ccccc23)ccc1OCC(C)C. The topological polar surface area (TPSA) is 82.5 Å². The second kappa shape index (κ2) is 9.85. The van der Waals surface area contributed by atoms with Gasteiger partial charge in [-0.3, -0.25) is 9.59 Å². The summed E-state index contributed by atoms with van der Waals surface area (Å²) in [6.07, 6.45) is 0. The molecule has 0 fully saturated rings. The molecule has 3 aromatic rings. The van der Waals surface area contributed by atoms with Crippen molar-refractivity contribution in [3.05, 3.63) is 64.1 Å². The van der Waals surface area contributed by atoms with E-state index in [1.165, 1.54) is 4.68 Å². The molecule has 0 aliphatic carbocycles. The zero-order chi connectivity index (χ0) is 23.4. The molecule has 0 radical (unpaired) electrons. The van der Waals surface area contributed by atoms with E-state index in [0.717, 1.165) is 5.56 Å². The third kappa shape index (κ3) is 4.93. The number of carbonyl (C=O) groups is 1. The molecule has 1 aromatic heterocycles. The summed E-state index contributed by atoms with van der Waals surface area (Å²) in [5.74, 6) is 1.33. The molecular formula is C25H31N3O4. The minimum atomic E-state index is -0.345. The average Bonchev–Trinajstić information content (AvgIpc) is 2.77. The van der Waals surface area contributed by atoms with Crippen LogP contribution in [0, 0.1) is 5.92 Å². The van der Waals surface area contributed by atoms with Crippen molar-refractivity contribution in [1.82, 2.24) is 15.1 Å². The van der Waals surface area contributed by atoms with Gasteiger partial charge < -0.3 is 14.8 Å². The lowest BCUT2D eigenvalue weighted by Crippen LogP contribution is -2.32. The van der Waals surface area contributed by atoms with Crippen LogP contribution in [-0.2, 0) is 0 Å². The summed E-state index contributed by atoms with van der Waals surface area (Å²) in [5, 5.41) is 8.39. The van der Waals surface area contributed by atoms with Crippen molar-refractivity contribution < 1.29 is 14.3 Å². The summed E-state index contributed by atoms with van der Waals surface area (Å²) in [4.78, 5) is 25.9. The maximum Gasteiger partial charge on any atom is 0.274 e. The second-order valence-corrected chi connectivity index (χ2v) is 8.55. The van der Waals surface area contributed by atoms with Gasteiger partial charge in [-0.05, 0) is 50.5 Å². The molecule has 32 heavy (non-hydrogen) atoms. The number of methoxy groups -OCH3 is 1. The first-order valence-corrected chi connectivity index (χ1v) is 10.9. The van der Waals surface area contributed by atoms with Gasteiger partial charge >= 0.3 is 0 Å². The number of carbonyl (C=O) groups excluding carboxylic acids is 1. The third-order valence-electron chi connectivity index (χ3n) is 5.14. The van der Waals surface area contributed by atoms with Gasteiger partial charge in [0, 0.05) is 5.39 Å². The van der Waals surface area contributed by atoms with Gasteiger partial charge in [0.1, 0.15) is 0 Å². The van der Waals surface area contributed by atoms with E-state index in [-0.39, 0.29) is 29.2 Å². The predicted molar refractivity (Wildman–Crippen MR) is 126 cm³/mol. The molecule has 0 saturated heterocycles. The Morgan fingerprint density at radius 2 is 1.72 bits per heavy atom. The van der Waals surface area contributed by atoms with Crippen LogP contribution >= 0.6 is 0 Å². The van der Waals surface area contributed by atoms with Crippen LogP contribution in [0.1, 0.15) is 62.8 Å². The van der Waals surface area contributed by atoms with Crippen LogP contribution in [0.25, 0.3) is 10.8 Å². The Morgan fingerprint density at radius 1 is 1.03 bits per heavy atom. The molecule has 1 amide bonds. The number of hydrogen-bond acceptors (Lipinski definition) is 5. The van der Waals surface area contributed by atoms with E-state index in [1.54, 1.807) is 31.4 Å². The number of rotatable bonds is 8. The second-order valence-electron chi connectivity index (χ2n) is 8.55. The van der Waals surface area contributed by atoms with E-state index in [1.807, 2.05) is 39.0 Å². The van der Waals surface area contributed by atoms with E-state index >= 15 is 0 Å². The van der Waals surface area contributed by atoms with Crippen LogP contribution < -0.4 is 20.3 Å². The van der Waals surface area contributed by atoms with Gasteiger partial charge in [0.05, 0.1) is 31.2 Å². The zero-order valence-corrected chi connectivity index (χ0v) is 19.5. The summed E-state index contributed by atoms with van der Waals surface area (Å²) in [5.41, 5.74) is 0.889. The highest BCUT2D eigenvalue weighted by atomic mass is 16.5. The predicted octanol–water partition coefficient (Wildman–Crippen LogP) is 4.51. The number of fused-ring (bicyclic) bond motifs is 1. The molecule has 0 aliphatic heterocycles. The first kappa shape index (κ1) is 23.3. The minimum absolute atomic E-state index is 0.168. The Bertz CT molecular complexity index is 1170. The number of ether oxygens (including phenoxy) is 2. The van der Waals surface area contributed by atoms with Crippen molar-refractivity contribution in [1.29, 1.82) is 0 Å². The van der Waals surface area contributed by atoms with Gasteiger partial charge in [-0.1, -0.05) is 38.1 Å². The largest absolute Gasteiger partial charge is 0.493 e. The number of nitrogens with zero attached hydrogens (tertiary/aromatic N) is 2. The van der Waals surface area contributed by atoms with Crippen LogP contribution in [0.3, 0.4) is 0 Å². The number of benzene rings is 2.